The van der Waals surface area contributed by atoms with Gasteiger partial charge in [-0.15, -0.1) is 0 Å². The van der Waals surface area contributed by atoms with Crippen LogP contribution in [-0.2, 0) is 9.53 Å². The summed E-state index contributed by atoms with van der Waals surface area (Å²) >= 11 is 0. The van der Waals surface area contributed by atoms with Gasteiger partial charge in [0, 0.05) is 24.6 Å². The van der Waals surface area contributed by atoms with Crippen molar-refractivity contribution < 1.29 is 14.3 Å². The SMILES string of the molecule is CCN(C(=O)COC(=O)c1ccc(-n2cccn2)cc1)C1=CCCCC1. The molecule has 3 rings (SSSR count). The number of likely N-dealkylation sites (N-methyl/N-ethyl adjacent to an activating group) is 1. The summed E-state index contributed by atoms with van der Waals surface area (Å²) in [6, 6.07) is 8.75. The summed E-state index contributed by atoms with van der Waals surface area (Å²) in [4.78, 5) is 26.3. The van der Waals surface area contributed by atoms with Crippen LogP contribution in [-0.4, -0.2) is 39.7 Å². The average Bonchev–Trinajstić information content (AvgIpc) is 3.22. The Kier molecular flexibility index (Phi) is 5.84. The number of benzene rings is 1. The summed E-state index contributed by atoms with van der Waals surface area (Å²) in [6.07, 6.45) is 9.79. The molecule has 2 aromatic rings. The third-order valence-corrected chi connectivity index (χ3v) is 4.43. The van der Waals surface area contributed by atoms with Crippen molar-refractivity contribution in [3.8, 4) is 5.69 Å². The van der Waals surface area contributed by atoms with Gasteiger partial charge in [-0.1, -0.05) is 6.08 Å². The Morgan fingerprint density at radius 3 is 2.65 bits per heavy atom. The van der Waals surface area contributed by atoms with Gasteiger partial charge in [-0.3, -0.25) is 4.79 Å². The van der Waals surface area contributed by atoms with Crippen LogP contribution in [0, 0.1) is 0 Å². The smallest absolute Gasteiger partial charge is 0.338 e. The van der Waals surface area contributed by atoms with Crippen LogP contribution >= 0.6 is 0 Å². The van der Waals surface area contributed by atoms with E-state index in [2.05, 4.69) is 11.2 Å². The van der Waals surface area contributed by atoms with E-state index in [0.717, 1.165) is 30.6 Å². The lowest BCUT2D eigenvalue weighted by molar-refractivity contribution is -0.132. The molecular weight excluding hydrogens is 330 g/mol. The number of rotatable bonds is 6. The van der Waals surface area contributed by atoms with Crippen LogP contribution in [0.5, 0.6) is 0 Å². The van der Waals surface area contributed by atoms with E-state index >= 15 is 0 Å². The Morgan fingerprint density at radius 1 is 1.23 bits per heavy atom. The molecule has 1 amide bonds. The fourth-order valence-corrected chi connectivity index (χ4v) is 3.07. The molecule has 0 fully saturated rings. The molecule has 1 heterocycles. The van der Waals surface area contributed by atoms with Crippen molar-refractivity contribution in [3.05, 3.63) is 60.1 Å². The van der Waals surface area contributed by atoms with Gasteiger partial charge in [0.15, 0.2) is 6.61 Å². The summed E-state index contributed by atoms with van der Waals surface area (Å²) in [6.45, 7) is 2.27. The van der Waals surface area contributed by atoms with Gasteiger partial charge < -0.3 is 9.64 Å². The summed E-state index contributed by atoms with van der Waals surface area (Å²) in [7, 11) is 0. The molecule has 6 heteroatoms. The lowest BCUT2D eigenvalue weighted by Gasteiger charge is -2.26. The molecular formula is C20H23N3O3. The highest BCUT2D eigenvalue weighted by atomic mass is 16.5. The monoisotopic (exact) mass is 353 g/mol. The molecule has 1 aromatic carbocycles. The molecule has 0 aliphatic heterocycles. The predicted molar refractivity (Wildman–Crippen MR) is 97.8 cm³/mol. The van der Waals surface area contributed by atoms with Crippen molar-refractivity contribution in [1.82, 2.24) is 14.7 Å². The second-order valence-electron chi connectivity index (χ2n) is 6.15. The highest BCUT2D eigenvalue weighted by molar-refractivity contribution is 5.91. The molecule has 0 spiro atoms. The largest absolute Gasteiger partial charge is 0.452 e. The Bertz CT molecular complexity index is 779. The third-order valence-electron chi connectivity index (χ3n) is 4.43. The molecule has 0 saturated heterocycles. The van der Waals surface area contributed by atoms with Crippen LogP contribution in [0.25, 0.3) is 5.69 Å². The van der Waals surface area contributed by atoms with Crippen LogP contribution in [0.15, 0.2) is 54.5 Å². The van der Waals surface area contributed by atoms with E-state index in [4.69, 9.17) is 4.74 Å². The minimum absolute atomic E-state index is 0.179. The number of aromatic nitrogens is 2. The minimum atomic E-state index is -0.501. The second-order valence-corrected chi connectivity index (χ2v) is 6.15. The van der Waals surface area contributed by atoms with E-state index in [0.29, 0.717) is 12.1 Å². The van der Waals surface area contributed by atoms with Crippen molar-refractivity contribution in [2.24, 2.45) is 0 Å². The van der Waals surface area contributed by atoms with Crippen LogP contribution in [0.1, 0.15) is 43.0 Å². The van der Waals surface area contributed by atoms with Gasteiger partial charge in [0.1, 0.15) is 0 Å². The zero-order valence-corrected chi connectivity index (χ0v) is 14.9. The number of esters is 1. The Morgan fingerprint density at radius 2 is 2.04 bits per heavy atom. The van der Waals surface area contributed by atoms with E-state index in [9.17, 15) is 9.59 Å². The normalized spacial score (nSPS) is 13.8. The summed E-state index contributed by atoms with van der Waals surface area (Å²) in [5, 5.41) is 4.14. The standard InChI is InChI=1S/C20H23N3O3/c1-2-22(17-7-4-3-5-8-17)19(24)15-26-20(25)16-9-11-18(12-10-16)23-14-6-13-21-23/h6-7,9-14H,2-5,8,15H2,1H3. The number of amides is 1. The topological polar surface area (TPSA) is 64.4 Å². The van der Waals surface area contributed by atoms with Crippen molar-refractivity contribution in [3.63, 3.8) is 0 Å². The molecule has 136 valence electrons. The van der Waals surface area contributed by atoms with Crippen LogP contribution in [0.2, 0.25) is 0 Å². The number of nitrogens with zero attached hydrogens (tertiary/aromatic N) is 3. The molecule has 26 heavy (non-hydrogen) atoms. The van der Waals surface area contributed by atoms with Gasteiger partial charge in [0.25, 0.3) is 5.91 Å². The van der Waals surface area contributed by atoms with Gasteiger partial charge in [0.05, 0.1) is 11.3 Å². The predicted octanol–water partition coefficient (Wildman–Crippen LogP) is 3.34. The molecule has 0 unspecified atom stereocenters. The van der Waals surface area contributed by atoms with E-state index in [-0.39, 0.29) is 12.5 Å². The van der Waals surface area contributed by atoms with E-state index < -0.39 is 5.97 Å². The molecule has 6 nitrogen and oxygen atoms in total. The minimum Gasteiger partial charge on any atom is -0.452 e. The van der Waals surface area contributed by atoms with Crippen LogP contribution in [0.4, 0.5) is 0 Å². The molecule has 1 aromatic heterocycles. The van der Waals surface area contributed by atoms with Crippen molar-refractivity contribution in [1.29, 1.82) is 0 Å². The molecule has 1 aliphatic carbocycles. The number of hydrogen-bond donors (Lipinski definition) is 0. The second kappa shape index (κ2) is 8.47. The lowest BCUT2D eigenvalue weighted by atomic mass is 10.0. The molecule has 0 atom stereocenters. The van der Waals surface area contributed by atoms with Gasteiger partial charge in [-0.25, -0.2) is 9.48 Å². The molecule has 0 N–H and O–H groups in total. The first-order valence-corrected chi connectivity index (χ1v) is 8.95. The Balaban J connectivity index is 1.57. The number of ether oxygens (including phenoxy) is 1. The zero-order valence-electron chi connectivity index (χ0n) is 14.9. The zero-order chi connectivity index (χ0) is 18.4. The number of allylic oxidation sites excluding steroid dienone is 2. The van der Waals surface area contributed by atoms with Crippen LogP contribution in [0.3, 0.4) is 0 Å². The van der Waals surface area contributed by atoms with Crippen molar-refractivity contribution in [2.45, 2.75) is 32.6 Å². The third kappa shape index (κ3) is 4.20. The van der Waals surface area contributed by atoms with E-state index in [1.54, 1.807) is 40.0 Å². The first-order chi connectivity index (χ1) is 12.7. The maximum atomic E-state index is 12.4. The van der Waals surface area contributed by atoms with E-state index in [1.807, 2.05) is 19.2 Å². The summed E-state index contributed by atoms with van der Waals surface area (Å²) < 4.78 is 6.92. The lowest BCUT2D eigenvalue weighted by Crippen LogP contribution is -2.34. The average molecular weight is 353 g/mol. The van der Waals surface area contributed by atoms with Crippen molar-refractivity contribution >= 4 is 11.9 Å². The maximum Gasteiger partial charge on any atom is 0.338 e. The first kappa shape index (κ1) is 17.9. The van der Waals surface area contributed by atoms with Crippen molar-refractivity contribution in [2.75, 3.05) is 13.2 Å². The number of hydrogen-bond acceptors (Lipinski definition) is 4. The number of carbonyl (C=O) groups excluding carboxylic acids is 2. The molecule has 0 radical (unpaired) electrons. The fraction of sp³-hybridized carbons (Fsp3) is 0.350. The molecule has 1 aliphatic rings. The van der Waals surface area contributed by atoms with Crippen LogP contribution < -0.4 is 0 Å². The molecule has 0 bridgehead atoms. The Labute approximate surface area is 153 Å². The van der Waals surface area contributed by atoms with Gasteiger partial charge in [-0.05, 0) is 62.9 Å². The van der Waals surface area contributed by atoms with Gasteiger partial charge >= 0.3 is 5.97 Å². The summed E-state index contributed by atoms with van der Waals surface area (Å²) in [5.41, 5.74) is 2.31. The molecule has 0 saturated carbocycles. The summed E-state index contributed by atoms with van der Waals surface area (Å²) in [5.74, 6) is -0.679. The highest BCUT2D eigenvalue weighted by Crippen LogP contribution is 2.21. The fourth-order valence-electron chi connectivity index (χ4n) is 3.07. The first-order valence-electron chi connectivity index (χ1n) is 8.95. The quantitative estimate of drug-likeness (QED) is 0.747. The van der Waals surface area contributed by atoms with E-state index in [1.165, 1.54) is 6.42 Å². The maximum absolute atomic E-state index is 12.4. The number of carbonyl (C=O) groups is 2. The van der Waals surface area contributed by atoms with Gasteiger partial charge in [0.2, 0.25) is 0 Å². The highest BCUT2D eigenvalue weighted by Gasteiger charge is 2.19. The Hall–Kier alpha value is -2.89. The van der Waals surface area contributed by atoms with Gasteiger partial charge in [-0.2, -0.15) is 5.10 Å².